The highest BCUT2D eigenvalue weighted by Crippen LogP contribution is 2.18. The second kappa shape index (κ2) is 6.17. The van der Waals surface area contributed by atoms with Gasteiger partial charge in [0.1, 0.15) is 6.04 Å². The van der Waals surface area contributed by atoms with E-state index < -0.39 is 15.9 Å². The maximum Gasteiger partial charge on any atom is 0.242 e. The van der Waals surface area contributed by atoms with Crippen molar-refractivity contribution < 1.29 is 23.1 Å². The summed E-state index contributed by atoms with van der Waals surface area (Å²) in [6, 6.07) is -0.767. The van der Waals surface area contributed by atoms with Gasteiger partial charge < -0.3 is 20.1 Å². The van der Waals surface area contributed by atoms with E-state index in [-0.39, 0.29) is 36.6 Å². The molecule has 2 saturated heterocycles. The summed E-state index contributed by atoms with van der Waals surface area (Å²) in [7, 11) is -3.05. The largest absolute Gasteiger partial charge is 0.395 e. The van der Waals surface area contributed by atoms with Crippen LogP contribution in [-0.2, 0) is 19.4 Å². The zero-order valence-corrected chi connectivity index (χ0v) is 11.6. The van der Waals surface area contributed by atoms with Gasteiger partial charge in [-0.25, -0.2) is 8.42 Å². The third-order valence-electron chi connectivity index (χ3n) is 3.49. The Morgan fingerprint density at radius 2 is 2.26 bits per heavy atom. The molecule has 0 bridgehead atoms. The van der Waals surface area contributed by atoms with E-state index >= 15 is 0 Å². The minimum absolute atomic E-state index is 0.00762. The zero-order valence-electron chi connectivity index (χ0n) is 10.7. The summed E-state index contributed by atoms with van der Waals surface area (Å²) >= 11 is 0. The summed E-state index contributed by atoms with van der Waals surface area (Å²) in [5, 5.41) is 12.1. The van der Waals surface area contributed by atoms with Gasteiger partial charge in [-0.3, -0.25) is 4.79 Å². The smallest absolute Gasteiger partial charge is 0.242 e. The summed E-state index contributed by atoms with van der Waals surface area (Å²) in [6.45, 7) is 1.46. The Morgan fingerprint density at radius 3 is 2.79 bits per heavy atom. The Labute approximate surface area is 112 Å². The number of aliphatic hydroxyl groups is 1. The topological polar surface area (TPSA) is 95.9 Å². The van der Waals surface area contributed by atoms with E-state index in [9.17, 15) is 13.2 Å². The van der Waals surface area contributed by atoms with Crippen molar-refractivity contribution in [2.45, 2.75) is 18.5 Å². The molecule has 1 amide bonds. The van der Waals surface area contributed by atoms with Gasteiger partial charge in [0, 0.05) is 19.1 Å². The Morgan fingerprint density at radius 1 is 1.47 bits per heavy atom. The van der Waals surface area contributed by atoms with Crippen LogP contribution in [0.3, 0.4) is 0 Å². The summed E-state index contributed by atoms with van der Waals surface area (Å²) in [4.78, 5) is 13.8. The van der Waals surface area contributed by atoms with Crippen molar-refractivity contribution in [3.63, 3.8) is 0 Å². The number of amides is 1. The number of carbonyl (C=O) groups excluding carboxylic acids is 1. The lowest BCUT2D eigenvalue weighted by atomic mass is 10.1. The number of aliphatic hydroxyl groups excluding tert-OH is 1. The van der Waals surface area contributed by atoms with Gasteiger partial charge in [-0.05, 0) is 6.42 Å². The molecule has 19 heavy (non-hydrogen) atoms. The van der Waals surface area contributed by atoms with Crippen molar-refractivity contribution in [3.8, 4) is 0 Å². The van der Waals surface area contributed by atoms with E-state index in [0.717, 1.165) is 0 Å². The molecule has 2 heterocycles. The van der Waals surface area contributed by atoms with Crippen LogP contribution in [0.4, 0.5) is 0 Å². The van der Waals surface area contributed by atoms with E-state index in [2.05, 4.69) is 5.32 Å². The molecule has 0 aromatic rings. The van der Waals surface area contributed by atoms with Crippen LogP contribution in [0.25, 0.3) is 0 Å². The minimum Gasteiger partial charge on any atom is -0.395 e. The molecule has 0 aromatic heterocycles. The zero-order chi connectivity index (χ0) is 13.9. The lowest BCUT2D eigenvalue weighted by molar-refractivity contribution is -0.138. The molecule has 8 heteroatoms. The van der Waals surface area contributed by atoms with Crippen molar-refractivity contribution in [2.75, 3.05) is 44.4 Å². The highest BCUT2D eigenvalue weighted by Gasteiger charge is 2.37. The monoisotopic (exact) mass is 292 g/mol. The first kappa shape index (κ1) is 14.7. The van der Waals surface area contributed by atoms with Crippen molar-refractivity contribution in [1.82, 2.24) is 10.2 Å². The lowest BCUT2D eigenvalue weighted by Gasteiger charge is -2.33. The van der Waals surface area contributed by atoms with E-state index in [1.807, 2.05) is 0 Å². The fourth-order valence-corrected chi connectivity index (χ4v) is 4.26. The van der Waals surface area contributed by atoms with Gasteiger partial charge in [-0.2, -0.15) is 0 Å². The van der Waals surface area contributed by atoms with Crippen molar-refractivity contribution in [1.29, 1.82) is 0 Å². The SMILES string of the molecule is O=C(C1COCCN1)N(CCO)C1CCS(=O)(=O)C1. The van der Waals surface area contributed by atoms with Gasteiger partial charge in [0.2, 0.25) is 5.91 Å². The van der Waals surface area contributed by atoms with Crippen LogP contribution < -0.4 is 5.32 Å². The summed E-state index contributed by atoms with van der Waals surface area (Å²) < 4.78 is 28.3. The molecule has 0 spiro atoms. The molecule has 0 aromatic carbocycles. The number of morpholine rings is 1. The molecule has 2 aliphatic heterocycles. The third kappa shape index (κ3) is 3.65. The first-order valence-electron chi connectivity index (χ1n) is 6.46. The molecule has 2 atom stereocenters. The van der Waals surface area contributed by atoms with Gasteiger partial charge >= 0.3 is 0 Å². The Balaban J connectivity index is 2.04. The molecule has 0 saturated carbocycles. The van der Waals surface area contributed by atoms with Crippen molar-refractivity contribution in [3.05, 3.63) is 0 Å². The number of sulfone groups is 1. The maximum atomic E-state index is 12.4. The highest BCUT2D eigenvalue weighted by atomic mass is 32.2. The number of hydrogen-bond donors (Lipinski definition) is 2. The Kier molecular flexibility index (Phi) is 4.77. The average molecular weight is 292 g/mol. The fourth-order valence-electron chi connectivity index (χ4n) is 2.53. The van der Waals surface area contributed by atoms with E-state index in [1.54, 1.807) is 0 Å². The van der Waals surface area contributed by atoms with E-state index in [0.29, 0.717) is 26.2 Å². The maximum absolute atomic E-state index is 12.4. The molecule has 2 N–H and O–H groups in total. The molecular formula is C11H20N2O5S. The van der Waals surface area contributed by atoms with Gasteiger partial charge in [0.05, 0.1) is 31.3 Å². The molecule has 2 aliphatic rings. The van der Waals surface area contributed by atoms with Crippen LogP contribution in [0.15, 0.2) is 0 Å². The van der Waals surface area contributed by atoms with Crippen LogP contribution in [0.1, 0.15) is 6.42 Å². The summed E-state index contributed by atoms with van der Waals surface area (Å²) in [5.41, 5.74) is 0. The summed E-state index contributed by atoms with van der Waals surface area (Å²) in [5.74, 6) is -0.0795. The number of rotatable bonds is 4. The van der Waals surface area contributed by atoms with Crippen molar-refractivity contribution in [2.24, 2.45) is 0 Å². The minimum atomic E-state index is -3.05. The van der Waals surface area contributed by atoms with Crippen LogP contribution in [0.2, 0.25) is 0 Å². The third-order valence-corrected chi connectivity index (χ3v) is 5.24. The predicted octanol–water partition coefficient (Wildman–Crippen LogP) is -2.02. The lowest BCUT2D eigenvalue weighted by Crippen LogP contribution is -2.55. The average Bonchev–Trinajstić information content (AvgIpc) is 2.76. The first-order chi connectivity index (χ1) is 9.03. The molecule has 0 aliphatic carbocycles. The van der Waals surface area contributed by atoms with Gasteiger partial charge in [-0.1, -0.05) is 0 Å². The molecule has 7 nitrogen and oxygen atoms in total. The second-order valence-electron chi connectivity index (χ2n) is 4.89. The number of nitrogens with one attached hydrogen (secondary N) is 1. The van der Waals surface area contributed by atoms with E-state index in [4.69, 9.17) is 9.84 Å². The first-order valence-corrected chi connectivity index (χ1v) is 8.28. The van der Waals surface area contributed by atoms with Crippen LogP contribution in [0, 0.1) is 0 Å². The van der Waals surface area contributed by atoms with Gasteiger partial charge in [0.15, 0.2) is 9.84 Å². The molecule has 110 valence electrons. The number of ether oxygens (including phenoxy) is 1. The van der Waals surface area contributed by atoms with Crippen LogP contribution in [0.5, 0.6) is 0 Å². The Bertz CT molecular complexity index is 419. The van der Waals surface area contributed by atoms with Crippen LogP contribution in [-0.4, -0.2) is 80.8 Å². The number of hydrogen-bond acceptors (Lipinski definition) is 6. The number of nitrogens with zero attached hydrogens (tertiary/aromatic N) is 1. The molecule has 2 unspecified atom stereocenters. The predicted molar refractivity (Wildman–Crippen MR) is 68.5 cm³/mol. The highest BCUT2D eigenvalue weighted by molar-refractivity contribution is 7.91. The quantitative estimate of drug-likeness (QED) is 0.621. The standard InChI is InChI=1S/C11H20N2O5S/c14-4-3-13(9-1-6-19(16,17)8-9)11(15)10-7-18-5-2-12-10/h9-10,12,14H,1-8H2. The Hall–Kier alpha value is -0.700. The fraction of sp³-hybridized carbons (Fsp3) is 0.909. The second-order valence-corrected chi connectivity index (χ2v) is 7.12. The normalized spacial score (nSPS) is 30.2. The van der Waals surface area contributed by atoms with Crippen LogP contribution >= 0.6 is 0 Å². The molecule has 0 radical (unpaired) electrons. The van der Waals surface area contributed by atoms with Gasteiger partial charge in [-0.15, -0.1) is 0 Å². The number of carbonyl (C=O) groups is 1. The van der Waals surface area contributed by atoms with Gasteiger partial charge in [0.25, 0.3) is 0 Å². The van der Waals surface area contributed by atoms with E-state index in [1.165, 1.54) is 4.90 Å². The molecular weight excluding hydrogens is 272 g/mol. The molecule has 2 fully saturated rings. The summed E-state index contributed by atoms with van der Waals surface area (Å²) in [6.07, 6.45) is 0.446. The van der Waals surface area contributed by atoms with Crippen molar-refractivity contribution >= 4 is 15.7 Å². The molecule has 2 rings (SSSR count).